The summed E-state index contributed by atoms with van der Waals surface area (Å²) in [6.45, 7) is 7.52. The van der Waals surface area contributed by atoms with Crippen molar-refractivity contribution in [1.29, 1.82) is 0 Å². The maximum atomic E-state index is 11.7. The molecule has 1 aliphatic heterocycles. The number of morpholine rings is 1. The number of nitrogens with zero attached hydrogens (tertiary/aromatic N) is 2. The van der Waals surface area contributed by atoms with Gasteiger partial charge in [0.15, 0.2) is 5.96 Å². The number of hydrogen-bond acceptors (Lipinski definition) is 5. The number of furan rings is 1. The van der Waals surface area contributed by atoms with Crippen molar-refractivity contribution in [2.24, 2.45) is 10.9 Å². The normalized spacial score (nSPS) is 17.4. The molecule has 0 radical (unpaired) electrons. The monoisotopic (exact) mass is 519 g/mol. The average Bonchev–Trinajstić information content (AvgIpc) is 3.45. The van der Waals surface area contributed by atoms with Gasteiger partial charge in [-0.25, -0.2) is 0 Å². The van der Waals surface area contributed by atoms with Crippen LogP contribution in [0.3, 0.4) is 0 Å². The molecule has 1 aliphatic carbocycles. The van der Waals surface area contributed by atoms with Crippen LogP contribution in [-0.4, -0.2) is 75.8 Å². The second-order valence-electron chi connectivity index (χ2n) is 7.29. The Kier molecular flexibility index (Phi) is 11.4. The van der Waals surface area contributed by atoms with Gasteiger partial charge in [0.25, 0.3) is 0 Å². The summed E-state index contributed by atoms with van der Waals surface area (Å²) in [5, 5.41) is 9.64. The van der Waals surface area contributed by atoms with Gasteiger partial charge in [-0.15, -0.1) is 24.0 Å². The molecule has 0 spiro atoms. The summed E-state index contributed by atoms with van der Waals surface area (Å²) in [6.07, 6.45) is 5.58. The van der Waals surface area contributed by atoms with Crippen LogP contribution in [0.4, 0.5) is 0 Å². The fraction of sp³-hybridized carbons (Fsp3) is 0.700. The highest BCUT2D eigenvalue weighted by molar-refractivity contribution is 14.0. The maximum Gasteiger partial charge on any atom is 0.223 e. The van der Waals surface area contributed by atoms with Gasteiger partial charge < -0.3 is 25.1 Å². The zero-order valence-corrected chi connectivity index (χ0v) is 19.4. The van der Waals surface area contributed by atoms with E-state index in [1.165, 1.54) is 0 Å². The Bertz CT molecular complexity index is 601. The number of halogens is 1. The molecule has 1 saturated carbocycles. The molecular formula is C20H34IN5O3. The number of guanidine groups is 1. The number of carbonyl (C=O) groups excluding carboxylic acids is 1. The third-order valence-corrected chi connectivity index (χ3v) is 4.91. The molecule has 0 aromatic carbocycles. The van der Waals surface area contributed by atoms with Crippen LogP contribution in [0.1, 0.15) is 25.0 Å². The van der Waals surface area contributed by atoms with Crippen LogP contribution in [0.25, 0.3) is 0 Å². The summed E-state index contributed by atoms with van der Waals surface area (Å²) in [5.74, 6) is 2.17. The summed E-state index contributed by atoms with van der Waals surface area (Å²) in [7, 11) is 0. The lowest BCUT2D eigenvalue weighted by Gasteiger charge is -2.26. The summed E-state index contributed by atoms with van der Waals surface area (Å²) in [4.78, 5) is 18.8. The highest BCUT2D eigenvalue weighted by Crippen LogP contribution is 2.28. The second kappa shape index (κ2) is 13.8. The Hall–Kier alpha value is -1.33. The molecular weight excluding hydrogens is 485 g/mol. The quantitative estimate of drug-likeness (QED) is 0.176. The first-order chi connectivity index (χ1) is 13.8. The van der Waals surface area contributed by atoms with E-state index in [4.69, 9.17) is 9.15 Å². The first-order valence-corrected chi connectivity index (χ1v) is 10.4. The Morgan fingerprint density at radius 2 is 1.90 bits per heavy atom. The summed E-state index contributed by atoms with van der Waals surface area (Å²) in [5.41, 5.74) is 0. The van der Waals surface area contributed by atoms with Crippen LogP contribution in [0.2, 0.25) is 0 Å². The molecule has 0 unspecified atom stereocenters. The van der Waals surface area contributed by atoms with Gasteiger partial charge in [-0.1, -0.05) is 0 Å². The smallest absolute Gasteiger partial charge is 0.223 e. The van der Waals surface area contributed by atoms with E-state index in [2.05, 4.69) is 25.8 Å². The van der Waals surface area contributed by atoms with E-state index in [-0.39, 0.29) is 35.8 Å². The molecule has 3 N–H and O–H groups in total. The van der Waals surface area contributed by atoms with E-state index in [1.54, 1.807) is 6.26 Å². The minimum Gasteiger partial charge on any atom is -0.469 e. The molecule has 1 aromatic rings. The van der Waals surface area contributed by atoms with E-state index >= 15 is 0 Å². The van der Waals surface area contributed by atoms with Crippen LogP contribution in [0, 0.1) is 5.92 Å². The summed E-state index contributed by atoms with van der Waals surface area (Å²) in [6, 6.07) is 3.87. The maximum absolute atomic E-state index is 11.7. The third-order valence-electron chi connectivity index (χ3n) is 4.91. The summed E-state index contributed by atoms with van der Waals surface area (Å²) >= 11 is 0. The van der Waals surface area contributed by atoms with Gasteiger partial charge >= 0.3 is 0 Å². The van der Waals surface area contributed by atoms with Gasteiger partial charge in [0.1, 0.15) is 5.76 Å². The molecule has 9 heteroatoms. The van der Waals surface area contributed by atoms with Crippen LogP contribution < -0.4 is 16.0 Å². The number of hydrogen-bond donors (Lipinski definition) is 3. The first-order valence-electron chi connectivity index (χ1n) is 10.4. The predicted octanol–water partition coefficient (Wildman–Crippen LogP) is 1.22. The minimum absolute atomic E-state index is 0. The molecule has 8 nitrogen and oxygen atoms in total. The Morgan fingerprint density at radius 3 is 2.62 bits per heavy atom. The van der Waals surface area contributed by atoms with E-state index in [0.717, 1.165) is 83.3 Å². The average molecular weight is 519 g/mol. The van der Waals surface area contributed by atoms with Gasteiger partial charge in [-0.3, -0.25) is 14.7 Å². The Labute approximate surface area is 190 Å². The van der Waals surface area contributed by atoms with Crippen molar-refractivity contribution in [2.45, 2.75) is 25.7 Å². The zero-order valence-electron chi connectivity index (χ0n) is 17.0. The number of nitrogens with one attached hydrogen (secondary N) is 3. The number of ether oxygens (including phenoxy) is 1. The van der Waals surface area contributed by atoms with Crippen molar-refractivity contribution >= 4 is 35.8 Å². The van der Waals surface area contributed by atoms with E-state index in [9.17, 15) is 4.79 Å². The van der Waals surface area contributed by atoms with Gasteiger partial charge in [-0.2, -0.15) is 0 Å². The Morgan fingerprint density at radius 1 is 1.14 bits per heavy atom. The van der Waals surface area contributed by atoms with Crippen LogP contribution in [0.15, 0.2) is 27.8 Å². The molecule has 2 fully saturated rings. The van der Waals surface area contributed by atoms with Gasteiger partial charge in [0.05, 0.1) is 19.5 Å². The van der Waals surface area contributed by atoms with Crippen molar-refractivity contribution in [3.05, 3.63) is 24.2 Å². The Balaban J connectivity index is 0.00000300. The standard InChI is InChI=1S/C20H33N5O3.HI/c26-19(17-4-5-17)21-9-10-24-20(23-8-6-18-3-1-14-28-18)22-7-2-11-25-12-15-27-16-13-25;/h1,3,14,17H,2,4-13,15-16H2,(H,21,26)(H2,22,23,24);1H. The molecule has 1 saturated heterocycles. The first kappa shape index (κ1) is 23.9. The summed E-state index contributed by atoms with van der Waals surface area (Å²) < 4.78 is 10.8. The van der Waals surface area contributed by atoms with Crippen molar-refractivity contribution in [3.8, 4) is 0 Å². The van der Waals surface area contributed by atoms with Crippen LogP contribution >= 0.6 is 24.0 Å². The van der Waals surface area contributed by atoms with Gasteiger partial charge in [0.2, 0.25) is 5.91 Å². The molecule has 1 aromatic heterocycles. The minimum atomic E-state index is 0. The highest BCUT2D eigenvalue weighted by Gasteiger charge is 2.28. The largest absolute Gasteiger partial charge is 0.469 e. The predicted molar refractivity (Wildman–Crippen MR) is 124 cm³/mol. The molecule has 2 heterocycles. The van der Waals surface area contributed by atoms with Crippen molar-refractivity contribution in [1.82, 2.24) is 20.9 Å². The van der Waals surface area contributed by atoms with Gasteiger partial charge in [0, 0.05) is 58.2 Å². The molecule has 0 bridgehead atoms. The SMILES string of the molecule is I.O=C(NCCNC(=NCCCN1CCOCC1)NCCc1ccco1)C1CC1. The van der Waals surface area contributed by atoms with Crippen LogP contribution in [-0.2, 0) is 16.0 Å². The van der Waals surface area contributed by atoms with E-state index in [0.29, 0.717) is 13.1 Å². The van der Waals surface area contributed by atoms with E-state index < -0.39 is 0 Å². The lowest BCUT2D eigenvalue weighted by Crippen LogP contribution is -2.42. The van der Waals surface area contributed by atoms with Crippen molar-refractivity contribution in [2.75, 3.05) is 59.0 Å². The zero-order chi connectivity index (χ0) is 19.4. The highest BCUT2D eigenvalue weighted by atomic mass is 127. The lowest BCUT2D eigenvalue weighted by atomic mass is 10.3. The number of aliphatic imine (C=N–C) groups is 1. The molecule has 164 valence electrons. The topological polar surface area (TPSA) is 91.1 Å². The molecule has 1 amide bonds. The van der Waals surface area contributed by atoms with Crippen molar-refractivity contribution < 1.29 is 13.9 Å². The second-order valence-corrected chi connectivity index (χ2v) is 7.29. The molecule has 2 aliphatic rings. The van der Waals surface area contributed by atoms with E-state index in [1.807, 2.05) is 12.1 Å². The molecule has 3 rings (SSSR count). The van der Waals surface area contributed by atoms with Gasteiger partial charge in [-0.05, 0) is 31.4 Å². The van der Waals surface area contributed by atoms with Crippen molar-refractivity contribution in [3.63, 3.8) is 0 Å². The number of amides is 1. The molecule has 29 heavy (non-hydrogen) atoms. The van der Waals surface area contributed by atoms with Crippen LogP contribution in [0.5, 0.6) is 0 Å². The fourth-order valence-electron chi connectivity index (χ4n) is 3.10. The molecule has 0 atom stereocenters. The third kappa shape index (κ3) is 9.81. The number of rotatable bonds is 11. The fourth-order valence-corrected chi connectivity index (χ4v) is 3.10. The lowest BCUT2D eigenvalue weighted by molar-refractivity contribution is -0.122. The number of carbonyl (C=O) groups is 1.